The summed E-state index contributed by atoms with van der Waals surface area (Å²) in [6.07, 6.45) is 12.3. The number of carbonyl (C=O) groups excluding carboxylic acids is 1. The molecule has 1 unspecified atom stereocenters. The van der Waals surface area contributed by atoms with Crippen molar-refractivity contribution in [3.05, 3.63) is 0 Å². The fraction of sp³-hybridized carbons (Fsp3) is 0.944. The van der Waals surface area contributed by atoms with Gasteiger partial charge in [-0.2, -0.15) is 0 Å². The third kappa shape index (κ3) is 16.2. The maximum absolute atomic E-state index is 11.7. The lowest BCUT2D eigenvalue weighted by molar-refractivity contribution is 0.0309. The predicted molar refractivity (Wildman–Crippen MR) is 98.8 cm³/mol. The topological polar surface area (TPSA) is 78.5 Å². The van der Waals surface area contributed by atoms with Gasteiger partial charge < -0.3 is 14.6 Å². The van der Waals surface area contributed by atoms with E-state index in [0.29, 0.717) is 13.0 Å². The largest absolute Gasteiger partial charge is 0.772 e. The van der Waals surface area contributed by atoms with Crippen molar-refractivity contribution in [1.29, 1.82) is 0 Å². The Labute approximate surface area is 150 Å². The van der Waals surface area contributed by atoms with Crippen molar-refractivity contribution in [2.24, 2.45) is 0 Å². The van der Waals surface area contributed by atoms with Crippen LogP contribution in [0.1, 0.15) is 91.4 Å². The molecule has 0 aromatic heterocycles. The smallest absolute Gasteiger partial charge is 0.407 e. The molecule has 1 amide bonds. The molecule has 0 aliphatic heterocycles. The summed E-state index contributed by atoms with van der Waals surface area (Å²) >= 11 is -2.05. The summed E-state index contributed by atoms with van der Waals surface area (Å²) in [5.74, 6) is 0.0577. The van der Waals surface area contributed by atoms with Crippen molar-refractivity contribution in [2.75, 3.05) is 12.3 Å². The Bertz CT molecular complexity index is 348. The van der Waals surface area contributed by atoms with Crippen molar-refractivity contribution in [3.8, 4) is 0 Å². The van der Waals surface area contributed by atoms with Crippen LogP contribution < -0.4 is 5.32 Å². The number of unbranched alkanes of at least 4 members (excludes halogenated alkanes) is 8. The Morgan fingerprint density at radius 1 is 1.00 bits per heavy atom. The molecule has 0 radical (unpaired) electrons. The highest BCUT2D eigenvalue weighted by Gasteiger charge is 2.22. The van der Waals surface area contributed by atoms with E-state index in [-0.39, 0.29) is 5.75 Å². The van der Waals surface area contributed by atoms with Crippen molar-refractivity contribution >= 4 is 17.2 Å². The van der Waals surface area contributed by atoms with E-state index in [4.69, 9.17) is 4.74 Å². The van der Waals surface area contributed by atoms with Gasteiger partial charge in [0, 0.05) is 12.3 Å². The molecule has 0 spiro atoms. The minimum atomic E-state index is -2.05. The molecule has 0 aromatic carbocycles. The molecule has 0 saturated carbocycles. The van der Waals surface area contributed by atoms with Crippen LogP contribution in [0.4, 0.5) is 4.79 Å². The molecule has 24 heavy (non-hydrogen) atoms. The number of alkyl carbamates (subject to hydrolysis) is 1. The first-order valence-corrected chi connectivity index (χ1v) is 10.6. The highest BCUT2D eigenvalue weighted by molar-refractivity contribution is 7.79. The number of nitrogens with one attached hydrogen (secondary N) is 1. The molecule has 0 aliphatic carbocycles. The number of amides is 1. The van der Waals surface area contributed by atoms with Gasteiger partial charge in [0.2, 0.25) is 0 Å². The lowest BCUT2D eigenvalue weighted by atomic mass is 9.99. The van der Waals surface area contributed by atoms with E-state index in [1.165, 1.54) is 51.4 Å². The van der Waals surface area contributed by atoms with Gasteiger partial charge in [-0.3, -0.25) is 4.21 Å². The Hall–Kier alpha value is -0.620. The molecule has 0 heterocycles. The van der Waals surface area contributed by atoms with Crippen LogP contribution in [0.2, 0.25) is 0 Å². The fourth-order valence-electron chi connectivity index (χ4n) is 2.58. The molecule has 0 bridgehead atoms. The maximum Gasteiger partial charge on any atom is 0.407 e. The molecule has 0 rings (SSSR count). The van der Waals surface area contributed by atoms with Crippen LogP contribution in [0, 0.1) is 0 Å². The van der Waals surface area contributed by atoms with Gasteiger partial charge in [-0.15, -0.1) is 0 Å². The second-order valence-electron chi connectivity index (χ2n) is 7.02. The first kappa shape index (κ1) is 23.4. The second-order valence-corrected chi connectivity index (χ2v) is 8.03. The Kier molecular flexibility index (Phi) is 14.3. The average Bonchev–Trinajstić information content (AvgIpc) is 2.49. The van der Waals surface area contributed by atoms with Gasteiger partial charge in [-0.25, -0.2) is 4.79 Å². The van der Waals surface area contributed by atoms with Gasteiger partial charge in [0.1, 0.15) is 5.60 Å². The molecule has 5 nitrogen and oxygen atoms in total. The molecule has 0 aromatic rings. The summed E-state index contributed by atoms with van der Waals surface area (Å²) in [6, 6.07) is 0. The molecule has 6 heteroatoms. The van der Waals surface area contributed by atoms with Gasteiger partial charge in [-0.05, 0) is 33.1 Å². The monoisotopic (exact) mass is 362 g/mol. The summed E-state index contributed by atoms with van der Waals surface area (Å²) in [5.41, 5.74) is -0.480. The third-order valence-electron chi connectivity index (χ3n) is 4.01. The van der Waals surface area contributed by atoms with E-state index < -0.39 is 22.8 Å². The molecular formula is C18H36NO4S-. The molecule has 144 valence electrons. The van der Waals surface area contributed by atoms with Crippen LogP contribution in [0.15, 0.2) is 0 Å². The lowest BCUT2D eigenvalue weighted by Crippen LogP contribution is -2.35. The van der Waals surface area contributed by atoms with Crippen LogP contribution in [-0.4, -0.2) is 32.8 Å². The minimum absolute atomic E-state index is 0.0577. The number of rotatable bonds is 15. The zero-order valence-electron chi connectivity index (χ0n) is 15.7. The first-order chi connectivity index (χ1) is 11.4. The number of hydrogen-bond acceptors (Lipinski definition) is 4. The Morgan fingerprint density at radius 3 is 2.08 bits per heavy atom. The number of ether oxygens (including phenoxy) is 1. The molecular weight excluding hydrogens is 326 g/mol. The van der Waals surface area contributed by atoms with E-state index >= 15 is 0 Å². The number of hydrogen-bond donors (Lipinski definition) is 1. The average molecular weight is 363 g/mol. The lowest BCUT2D eigenvalue weighted by Gasteiger charge is -2.25. The molecule has 0 saturated heterocycles. The quantitative estimate of drug-likeness (QED) is 0.339. The van der Waals surface area contributed by atoms with Crippen molar-refractivity contribution in [3.63, 3.8) is 0 Å². The van der Waals surface area contributed by atoms with Gasteiger partial charge in [0.15, 0.2) is 0 Å². The van der Waals surface area contributed by atoms with Gasteiger partial charge in [0.05, 0.1) is 0 Å². The van der Waals surface area contributed by atoms with E-state index in [9.17, 15) is 13.6 Å². The zero-order valence-corrected chi connectivity index (χ0v) is 16.6. The normalized spacial score (nSPS) is 12.8. The van der Waals surface area contributed by atoms with Crippen molar-refractivity contribution < 1.29 is 18.3 Å². The first-order valence-electron chi connectivity index (χ1n) is 9.40. The van der Waals surface area contributed by atoms with E-state index in [2.05, 4.69) is 12.2 Å². The fourth-order valence-corrected chi connectivity index (χ4v) is 2.96. The van der Waals surface area contributed by atoms with E-state index in [0.717, 1.165) is 12.8 Å². The van der Waals surface area contributed by atoms with Crippen LogP contribution in [0.25, 0.3) is 0 Å². The molecule has 1 atom stereocenters. The minimum Gasteiger partial charge on any atom is -0.772 e. The summed E-state index contributed by atoms with van der Waals surface area (Å²) in [7, 11) is 0. The van der Waals surface area contributed by atoms with E-state index in [1.807, 2.05) is 13.8 Å². The van der Waals surface area contributed by atoms with Crippen molar-refractivity contribution in [1.82, 2.24) is 5.32 Å². The zero-order chi connectivity index (χ0) is 18.3. The summed E-state index contributed by atoms with van der Waals surface area (Å²) < 4.78 is 26.2. The molecule has 1 N–H and O–H groups in total. The summed E-state index contributed by atoms with van der Waals surface area (Å²) in [6.45, 7) is 6.40. The van der Waals surface area contributed by atoms with Crippen LogP contribution in [0.5, 0.6) is 0 Å². The summed E-state index contributed by atoms with van der Waals surface area (Å²) in [5, 5.41) is 2.59. The Balaban J connectivity index is 3.59. The highest BCUT2D eigenvalue weighted by Crippen LogP contribution is 2.20. The standard InChI is InChI=1S/C18H37NO4S/c1-4-5-6-7-8-9-10-11-12-14-18(2,3)23-17(20)19-15-13-16-24(21)22/h4-16H2,1-3H3,(H,19,20)(H,21,22)/p-1. The van der Waals surface area contributed by atoms with Crippen LogP contribution >= 0.6 is 0 Å². The van der Waals surface area contributed by atoms with E-state index in [1.54, 1.807) is 0 Å². The van der Waals surface area contributed by atoms with Gasteiger partial charge >= 0.3 is 6.09 Å². The third-order valence-corrected chi connectivity index (χ3v) is 4.63. The highest BCUT2D eigenvalue weighted by atomic mass is 32.2. The summed E-state index contributed by atoms with van der Waals surface area (Å²) in [4.78, 5) is 11.7. The van der Waals surface area contributed by atoms with Crippen LogP contribution in [-0.2, 0) is 15.8 Å². The molecule has 0 fully saturated rings. The number of carbonyl (C=O) groups is 1. The van der Waals surface area contributed by atoms with Gasteiger partial charge in [0.25, 0.3) is 0 Å². The Morgan fingerprint density at radius 2 is 1.54 bits per heavy atom. The second kappa shape index (κ2) is 14.7. The predicted octanol–water partition coefficient (Wildman–Crippen LogP) is 4.68. The van der Waals surface area contributed by atoms with Crippen molar-refractivity contribution in [2.45, 2.75) is 97.0 Å². The van der Waals surface area contributed by atoms with Gasteiger partial charge in [-0.1, -0.05) is 69.4 Å². The maximum atomic E-state index is 11.7. The SMILES string of the molecule is CCCCCCCCCCCC(C)(C)OC(=O)NCCCS(=O)[O-]. The molecule has 0 aliphatic rings. The van der Waals surface area contributed by atoms with Crippen LogP contribution in [0.3, 0.4) is 0 Å².